The quantitative estimate of drug-likeness (QED) is 0.594. The van der Waals surface area contributed by atoms with Crippen molar-refractivity contribution in [3.63, 3.8) is 0 Å². The van der Waals surface area contributed by atoms with Crippen LogP contribution in [0.15, 0.2) is 18.2 Å². The zero-order chi connectivity index (χ0) is 12.3. The smallest absolute Gasteiger partial charge is 0.346 e. The largest absolute Gasteiger partial charge is 0.389 e. The highest BCUT2D eigenvalue weighted by atomic mass is 16.6. The Balaban J connectivity index is 2.27. The van der Waals surface area contributed by atoms with Gasteiger partial charge in [-0.25, -0.2) is 4.79 Å². The molecule has 3 nitrogen and oxygen atoms in total. The van der Waals surface area contributed by atoms with Crippen LogP contribution in [0.1, 0.15) is 47.7 Å². The van der Waals surface area contributed by atoms with Crippen LogP contribution in [0.4, 0.5) is 0 Å². The van der Waals surface area contributed by atoms with Gasteiger partial charge in [-0.15, -0.1) is 0 Å². The standard InChI is InChI=1S/C14H16O3/c1-2-3-4-10-5-6-11-7-8-13(15)17-14(16)12(11)9-10/h5-6,9H,2-4,7-8H2,1H3. The summed E-state index contributed by atoms with van der Waals surface area (Å²) in [6.45, 7) is 2.14. The number of hydrogen-bond acceptors (Lipinski definition) is 3. The van der Waals surface area contributed by atoms with E-state index in [9.17, 15) is 9.59 Å². The van der Waals surface area contributed by atoms with Gasteiger partial charge in [0.05, 0.1) is 12.0 Å². The summed E-state index contributed by atoms with van der Waals surface area (Å²) in [6, 6.07) is 5.85. The van der Waals surface area contributed by atoms with E-state index in [4.69, 9.17) is 4.74 Å². The molecule has 1 aromatic rings. The number of carbonyl (C=O) groups excluding carboxylic acids is 2. The Hall–Kier alpha value is -1.64. The first-order valence-corrected chi connectivity index (χ1v) is 6.07. The van der Waals surface area contributed by atoms with E-state index < -0.39 is 11.9 Å². The third-order valence-corrected chi connectivity index (χ3v) is 3.02. The number of aryl methyl sites for hydroxylation is 2. The van der Waals surface area contributed by atoms with Crippen molar-refractivity contribution >= 4 is 11.9 Å². The van der Waals surface area contributed by atoms with Crippen LogP contribution in [-0.4, -0.2) is 11.9 Å². The molecule has 1 heterocycles. The fourth-order valence-electron chi connectivity index (χ4n) is 2.01. The molecule has 0 amide bonds. The molecule has 0 radical (unpaired) electrons. The van der Waals surface area contributed by atoms with E-state index >= 15 is 0 Å². The highest BCUT2D eigenvalue weighted by Crippen LogP contribution is 2.20. The molecular weight excluding hydrogens is 216 g/mol. The van der Waals surface area contributed by atoms with E-state index in [1.54, 1.807) is 0 Å². The Labute approximate surface area is 101 Å². The predicted octanol–water partition coefficient (Wildman–Crippen LogP) is 2.66. The number of carbonyl (C=O) groups is 2. The second-order valence-electron chi connectivity index (χ2n) is 4.36. The van der Waals surface area contributed by atoms with Crippen molar-refractivity contribution < 1.29 is 14.3 Å². The molecule has 3 heteroatoms. The fraction of sp³-hybridized carbons (Fsp3) is 0.429. The molecule has 0 N–H and O–H groups in total. The van der Waals surface area contributed by atoms with Gasteiger partial charge in [0.1, 0.15) is 0 Å². The number of benzene rings is 1. The van der Waals surface area contributed by atoms with E-state index in [1.807, 2.05) is 18.2 Å². The van der Waals surface area contributed by atoms with Gasteiger partial charge in [0, 0.05) is 0 Å². The van der Waals surface area contributed by atoms with E-state index in [-0.39, 0.29) is 6.42 Å². The topological polar surface area (TPSA) is 43.4 Å². The SMILES string of the molecule is CCCCc1ccc2c(c1)C(=O)OC(=O)CC2. The molecule has 1 aliphatic heterocycles. The van der Waals surface area contributed by atoms with Crippen molar-refractivity contribution in [2.75, 3.05) is 0 Å². The van der Waals surface area contributed by atoms with Gasteiger partial charge in [-0.05, 0) is 36.5 Å². The maximum atomic E-state index is 11.7. The van der Waals surface area contributed by atoms with Crippen LogP contribution in [0.5, 0.6) is 0 Å². The number of hydrogen-bond donors (Lipinski definition) is 0. The number of fused-ring (bicyclic) bond motifs is 1. The van der Waals surface area contributed by atoms with Crippen molar-refractivity contribution in [2.24, 2.45) is 0 Å². The van der Waals surface area contributed by atoms with Crippen LogP contribution >= 0.6 is 0 Å². The molecule has 0 bridgehead atoms. The summed E-state index contributed by atoms with van der Waals surface area (Å²) in [5.74, 6) is -0.929. The van der Waals surface area contributed by atoms with E-state index in [0.29, 0.717) is 12.0 Å². The van der Waals surface area contributed by atoms with Crippen molar-refractivity contribution in [3.05, 3.63) is 34.9 Å². The number of rotatable bonds is 3. The summed E-state index contributed by atoms with van der Waals surface area (Å²) in [6.07, 6.45) is 4.07. The molecule has 0 aliphatic carbocycles. The summed E-state index contributed by atoms with van der Waals surface area (Å²) >= 11 is 0. The molecule has 0 saturated carbocycles. The first-order valence-electron chi connectivity index (χ1n) is 6.07. The molecule has 1 aliphatic rings. The average Bonchev–Trinajstić information content (AvgIpc) is 2.46. The number of ether oxygens (including phenoxy) is 1. The molecule has 1 aromatic carbocycles. The second-order valence-corrected chi connectivity index (χ2v) is 4.36. The molecule has 0 saturated heterocycles. The van der Waals surface area contributed by atoms with Crippen molar-refractivity contribution in [2.45, 2.75) is 39.0 Å². The van der Waals surface area contributed by atoms with Gasteiger partial charge in [-0.1, -0.05) is 25.5 Å². The average molecular weight is 232 g/mol. The highest BCUT2D eigenvalue weighted by molar-refractivity contribution is 5.99. The van der Waals surface area contributed by atoms with Crippen LogP contribution in [0, 0.1) is 0 Å². The Morgan fingerprint density at radius 2 is 2.06 bits per heavy atom. The Morgan fingerprint density at radius 1 is 1.24 bits per heavy atom. The maximum Gasteiger partial charge on any atom is 0.346 e. The molecule has 0 aromatic heterocycles. The lowest BCUT2D eigenvalue weighted by atomic mass is 9.98. The second kappa shape index (κ2) is 5.13. The minimum Gasteiger partial charge on any atom is -0.389 e. The number of unbranched alkanes of at least 4 members (excludes halogenated alkanes) is 1. The lowest BCUT2D eigenvalue weighted by Crippen LogP contribution is -2.09. The molecule has 0 unspecified atom stereocenters. The summed E-state index contributed by atoms with van der Waals surface area (Å²) in [7, 11) is 0. The lowest BCUT2D eigenvalue weighted by Gasteiger charge is -2.06. The number of cyclic esters (lactones) is 2. The summed E-state index contributed by atoms with van der Waals surface area (Å²) in [4.78, 5) is 22.9. The molecule has 2 rings (SSSR count). The van der Waals surface area contributed by atoms with Crippen molar-refractivity contribution in [1.82, 2.24) is 0 Å². The zero-order valence-corrected chi connectivity index (χ0v) is 9.99. The Bertz CT molecular complexity index is 449. The van der Waals surface area contributed by atoms with Crippen LogP contribution < -0.4 is 0 Å². The summed E-state index contributed by atoms with van der Waals surface area (Å²) in [5.41, 5.74) is 2.61. The lowest BCUT2D eigenvalue weighted by molar-refractivity contribution is -0.137. The van der Waals surface area contributed by atoms with Crippen LogP contribution in [0.2, 0.25) is 0 Å². The van der Waals surface area contributed by atoms with Gasteiger partial charge in [0.25, 0.3) is 0 Å². The molecule has 17 heavy (non-hydrogen) atoms. The molecule has 90 valence electrons. The van der Waals surface area contributed by atoms with Crippen LogP contribution in [0.25, 0.3) is 0 Å². The Morgan fingerprint density at radius 3 is 2.82 bits per heavy atom. The minimum absolute atomic E-state index is 0.285. The normalized spacial score (nSPS) is 15.1. The van der Waals surface area contributed by atoms with Gasteiger partial charge in [0.15, 0.2) is 0 Å². The van der Waals surface area contributed by atoms with Gasteiger partial charge < -0.3 is 4.74 Å². The number of esters is 2. The highest BCUT2D eigenvalue weighted by Gasteiger charge is 2.21. The van der Waals surface area contributed by atoms with Crippen LogP contribution in [0.3, 0.4) is 0 Å². The first kappa shape index (κ1) is 11.8. The summed E-state index contributed by atoms with van der Waals surface area (Å²) < 4.78 is 4.72. The maximum absolute atomic E-state index is 11.7. The summed E-state index contributed by atoms with van der Waals surface area (Å²) in [5, 5.41) is 0. The molecule has 0 atom stereocenters. The van der Waals surface area contributed by atoms with Crippen LogP contribution in [-0.2, 0) is 22.4 Å². The molecule has 0 fully saturated rings. The van der Waals surface area contributed by atoms with Gasteiger partial charge >= 0.3 is 11.9 Å². The molecular formula is C14H16O3. The van der Waals surface area contributed by atoms with Crippen molar-refractivity contribution in [3.8, 4) is 0 Å². The van der Waals surface area contributed by atoms with Crippen molar-refractivity contribution in [1.29, 1.82) is 0 Å². The monoisotopic (exact) mass is 232 g/mol. The fourth-order valence-corrected chi connectivity index (χ4v) is 2.01. The predicted molar refractivity (Wildman–Crippen MR) is 63.8 cm³/mol. The van der Waals surface area contributed by atoms with E-state index in [0.717, 1.165) is 30.4 Å². The zero-order valence-electron chi connectivity index (χ0n) is 9.99. The van der Waals surface area contributed by atoms with Gasteiger partial charge in [-0.2, -0.15) is 0 Å². The van der Waals surface area contributed by atoms with E-state index in [2.05, 4.69) is 6.92 Å². The first-order chi connectivity index (χ1) is 8.20. The molecule has 0 spiro atoms. The third kappa shape index (κ3) is 2.73. The van der Waals surface area contributed by atoms with E-state index in [1.165, 1.54) is 0 Å². The minimum atomic E-state index is -0.499. The third-order valence-electron chi connectivity index (χ3n) is 3.02. The van der Waals surface area contributed by atoms with Gasteiger partial charge in [-0.3, -0.25) is 4.79 Å². The van der Waals surface area contributed by atoms with Gasteiger partial charge in [0.2, 0.25) is 0 Å². The Kier molecular flexibility index (Phi) is 3.57.